The van der Waals surface area contributed by atoms with Gasteiger partial charge in [0.1, 0.15) is 0 Å². The Morgan fingerprint density at radius 3 is 2.28 bits per heavy atom. The van der Waals surface area contributed by atoms with Crippen LogP contribution < -0.4 is 5.32 Å². The molecule has 2 N–H and O–H groups in total. The van der Waals surface area contributed by atoms with Gasteiger partial charge in [0.2, 0.25) is 0 Å². The third kappa shape index (κ3) is 2.99. The molecule has 0 aromatic rings. The highest BCUT2D eigenvalue weighted by molar-refractivity contribution is 4.98. The molecular formula is C13H22F3NO. The summed E-state index contributed by atoms with van der Waals surface area (Å²) in [6, 6.07) is -0.0320. The largest absolute Gasteiger partial charge is 0.391 e. The van der Waals surface area contributed by atoms with E-state index in [-0.39, 0.29) is 31.7 Å². The van der Waals surface area contributed by atoms with Gasteiger partial charge in [0.15, 0.2) is 0 Å². The maximum absolute atomic E-state index is 12.6. The van der Waals surface area contributed by atoms with Crippen molar-refractivity contribution < 1.29 is 18.3 Å². The number of piperidine rings is 1. The number of hydrogen-bond acceptors (Lipinski definition) is 2. The SMILES string of the molecule is CC1CCNC(C2(O)CCC(C(F)(F)F)CC2)C1. The first-order valence-corrected chi connectivity index (χ1v) is 6.84. The quantitative estimate of drug-likeness (QED) is 0.764. The van der Waals surface area contributed by atoms with E-state index in [9.17, 15) is 18.3 Å². The van der Waals surface area contributed by atoms with Gasteiger partial charge in [-0.3, -0.25) is 0 Å². The molecule has 1 heterocycles. The summed E-state index contributed by atoms with van der Waals surface area (Å²) in [5.41, 5.74) is -0.934. The Bertz CT molecular complexity index is 284. The molecule has 0 radical (unpaired) electrons. The van der Waals surface area contributed by atoms with Crippen molar-refractivity contribution in [1.29, 1.82) is 0 Å². The molecule has 1 aliphatic carbocycles. The summed E-state index contributed by atoms with van der Waals surface area (Å²) in [7, 11) is 0. The minimum Gasteiger partial charge on any atom is -0.388 e. The van der Waals surface area contributed by atoms with Gasteiger partial charge in [0, 0.05) is 6.04 Å². The van der Waals surface area contributed by atoms with Crippen molar-refractivity contribution in [2.45, 2.75) is 63.3 Å². The van der Waals surface area contributed by atoms with E-state index in [4.69, 9.17) is 0 Å². The number of aliphatic hydroxyl groups is 1. The van der Waals surface area contributed by atoms with E-state index in [2.05, 4.69) is 12.2 Å². The molecule has 0 aromatic carbocycles. The number of hydrogen-bond donors (Lipinski definition) is 2. The summed E-state index contributed by atoms with van der Waals surface area (Å²) in [4.78, 5) is 0. The Labute approximate surface area is 106 Å². The minimum absolute atomic E-state index is 0.0320. The Morgan fingerprint density at radius 1 is 1.17 bits per heavy atom. The van der Waals surface area contributed by atoms with Gasteiger partial charge in [-0.1, -0.05) is 6.92 Å². The van der Waals surface area contributed by atoms with Crippen LogP contribution >= 0.6 is 0 Å². The first-order valence-electron chi connectivity index (χ1n) is 6.84. The number of halogens is 3. The lowest BCUT2D eigenvalue weighted by molar-refractivity contribution is -0.195. The predicted molar refractivity (Wildman–Crippen MR) is 63.2 cm³/mol. The van der Waals surface area contributed by atoms with Gasteiger partial charge < -0.3 is 10.4 Å². The second-order valence-electron chi connectivity index (χ2n) is 6.06. The van der Waals surface area contributed by atoms with Crippen LogP contribution in [0.4, 0.5) is 13.2 Å². The highest BCUT2D eigenvalue weighted by atomic mass is 19.4. The van der Waals surface area contributed by atoms with Gasteiger partial charge in [-0.2, -0.15) is 13.2 Å². The summed E-state index contributed by atoms with van der Waals surface area (Å²) in [5.74, 6) is -0.681. The Balaban J connectivity index is 1.94. The van der Waals surface area contributed by atoms with Gasteiger partial charge >= 0.3 is 6.18 Å². The minimum atomic E-state index is -4.10. The van der Waals surface area contributed by atoms with Gasteiger partial charge in [0.05, 0.1) is 11.5 Å². The van der Waals surface area contributed by atoms with Crippen molar-refractivity contribution in [3.05, 3.63) is 0 Å². The first-order chi connectivity index (χ1) is 8.31. The molecule has 106 valence electrons. The second kappa shape index (κ2) is 5.00. The number of nitrogens with one attached hydrogen (secondary N) is 1. The molecule has 2 rings (SSSR count). The summed E-state index contributed by atoms with van der Waals surface area (Å²) >= 11 is 0. The molecule has 0 amide bonds. The van der Waals surface area contributed by atoms with Gasteiger partial charge in [-0.05, 0) is 51.0 Å². The van der Waals surface area contributed by atoms with E-state index in [0.29, 0.717) is 5.92 Å². The third-order valence-electron chi connectivity index (χ3n) is 4.63. The Hall–Kier alpha value is -0.290. The highest BCUT2D eigenvalue weighted by Crippen LogP contribution is 2.43. The first kappa shape index (κ1) is 14.1. The zero-order valence-corrected chi connectivity index (χ0v) is 10.8. The van der Waals surface area contributed by atoms with Crippen LogP contribution in [0.5, 0.6) is 0 Å². The van der Waals surface area contributed by atoms with Crippen LogP contribution in [0.15, 0.2) is 0 Å². The van der Waals surface area contributed by atoms with Crippen LogP contribution in [0, 0.1) is 11.8 Å². The average Bonchev–Trinajstić information content (AvgIpc) is 2.28. The van der Waals surface area contributed by atoms with Crippen LogP contribution in [0.3, 0.4) is 0 Å². The Kier molecular flexibility index (Phi) is 3.93. The molecule has 0 aromatic heterocycles. The molecule has 0 spiro atoms. The Morgan fingerprint density at radius 2 is 1.78 bits per heavy atom. The molecule has 2 aliphatic rings. The fraction of sp³-hybridized carbons (Fsp3) is 1.00. The van der Waals surface area contributed by atoms with Crippen LogP contribution in [0.25, 0.3) is 0 Å². The van der Waals surface area contributed by atoms with Crippen molar-refractivity contribution in [2.75, 3.05) is 6.54 Å². The average molecular weight is 265 g/mol. The van der Waals surface area contributed by atoms with Gasteiger partial charge in [0.25, 0.3) is 0 Å². The maximum atomic E-state index is 12.6. The molecule has 1 aliphatic heterocycles. The van der Waals surface area contributed by atoms with Crippen molar-refractivity contribution in [3.8, 4) is 0 Å². The number of rotatable bonds is 1. The molecule has 0 bridgehead atoms. The second-order valence-corrected chi connectivity index (χ2v) is 6.06. The zero-order valence-electron chi connectivity index (χ0n) is 10.8. The molecule has 2 fully saturated rings. The molecule has 1 saturated carbocycles. The lowest BCUT2D eigenvalue weighted by Gasteiger charge is -2.45. The van der Waals surface area contributed by atoms with E-state index >= 15 is 0 Å². The molecule has 5 heteroatoms. The van der Waals surface area contributed by atoms with Crippen molar-refractivity contribution in [1.82, 2.24) is 5.32 Å². The van der Waals surface area contributed by atoms with Crippen LogP contribution in [0.2, 0.25) is 0 Å². The predicted octanol–water partition coefficient (Wildman–Crippen LogP) is 2.86. The normalized spacial score (nSPS) is 42.8. The fourth-order valence-electron chi connectivity index (χ4n) is 3.31. The zero-order chi connectivity index (χ0) is 13.4. The van der Waals surface area contributed by atoms with E-state index in [1.807, 2.05) is 0 Å². The molecule has 18 heavy (non-hydrogen) atoms. The van der Waals surface area contributed by atoms with Crippen molar-refractivity contribution in [3.63, 3.8) is 0 Å². The van der Waals surface area contributed by atoms with E-state index in [1.165, 1.54) is 0 Å². The molecule has 1 saturated heterocycles. The van der Waals surface area contributed by atoms with E-state index < -0.39 is 17.7 Å². The summed E-state index contributed by atoms with van der Waals surface area (Å²) in [6.45, 7) is 3.00. The maximum Gasteiger partial charge on any atom is 0.391 e. The monoisotopic (exact) mass is 265 g/mol. The highest BCUT2D eigenvalue weighted by Gasteiger charge is 2.48. The standard InChI is InChI=1S/C13H22F3NO/c1-9-4-7-17-11(8-9)12(18)5-2-10(3-6-12)13(14,15)16/h9-11,17-18H,2-8H2,1H3. The topological polar surface area (TPSA) is 32.3 Å². The smallest absolute Gasteiger partial charge is 0.388 e. The lowest BCUT2D eigenvalue weighted by Crippen LogP contribution is -2.56. The fourth-order valence-corrected chi connectivity index (χ4v) is 3.31. The molecule has 2 atom stereocenters. The summed E-state index contributed by atoms with van der Waals surface area (Å²) in [6.07, 6.45) is -1.50. The lowest BCUT2D eigenvalue weighted by atomic mass is 9.71. The summed E-state index contributed by atoms with van der Waals surface area (Å²) < 4.78 is 37.8. The van der Waals surface area contributed by atoms with E-state index in [1.54, 1.807) is 0 Å². The third-order valence-corrected chi connectivity index (χ3v) is 4.63. The molecule has 2 nitrogen and oxygen atoms in total. The van der Waals surface area contributed by atoms with Gasteiger partial charge in [-0.25, -0.2) is 0 Å². The van der Waals surface area contributed by atoms with Crippen molar-refractivity contribution in [2.24, 2.45) is 11.8 Å². The summed E-state index contributed by atoms with van der Waals surface area (Å²) in [5, 5.41) is 13.8. The van der Waals surface area contributed by atoms with Gasteiger partial charge in [-0.15, -0.1) is 0 Å². The van der Waals surface area contributed by atoms with Crippen LogP contribution in [-0.2, 0) is 0 Å². The van der Waals surface area contributed by atoms with Crippen molar-refractivity contribution >= 4 is 0 Å². The molecular weight excluding hydrogens is 243 g/mol. The molecule has 2 unspecified atom stereocenters. The van der Waals surface area contributed by atoms with E-state index in [0.717, 1.165) is 19.4 Å². The number of alkyl halides is 3. The van der Waals surface area contributed by atoms with Crippen LogP contribution in [0.1, 0.15) is 45.4 Å². The van der Waals surface area contributed by atoms with Crippen LogP contribution in [-0.4, -0.2) is 29.5 Å².